The Morgan fingerprint density at radius 3 is 2.41 bits per heavy atom. The van der Waals surface area contributed by atoms with Crippen molar-refractivity contribution in [2.75, 3.05) is 38.2 Å². The number of benzene rings is 2. The molecular formula is C21H24N2O4. The Labute approximate surface area is 159 Å². The van der Waals surface area contributed by atoms with E-state index in [0.717, 1.165) is 5.56 Å². The number of ether oxygens (including phenoxy) is 2. The minimum atomic E-state index is -0.250. The van der Waals surface area contributed by atoms with Gasteiger partial charge in [-0.1, -0.05) is 6.07 Å². The van der Waals surface area contributed by atoms with Gasteiger partial charge in [0, 0.05) is 24.3 Å². The van der Waals surface area contributed by atoms with Crippen LogP contribution in [-0.2, 0) is 9.53 Å². The predicted molar refractivity (Wildman–Crippen MR) is 103 cm³/mol. The highest BCUT2D eigenvalue weighted by molar-refractivity contribution is 5.96. The predicted octanol–water partition coefficient (Wildman–Crippen LogP) is 2.79. The summed E-state index contributed by atoms with van der Waals surface area (Å²) in [5.41, 5.74) is 3.52. The summed E-state index contributed by atoms with van der Waals surface area (Å²) in [6, 6.07) is 12.6. The molecule has 0 atom stereocenters. The molecule has 1 aliphatic heterocycles. The third kappa shape index (κ3) is 5.08. The van der Waals surface area contributed by atoms with E-state index < -0.39 is 0 Å². The van der Waals surface area contributed by atoms with Crippen LogP contribution < -0.4 is 10.1 Å². The summed E-state index contributed by atoms with van der Waals surface area (Å²) in [7, 11) is 0. The second-order valence-electron chi connectivity index (χ2n) is 6.56. The van der Waals surface area contributed by atoms with Gasteiger partial charge in [0.15, 0.2) is 6.61 Å². The molecule has 2 aromatic rings. The molecule has 0 spiro atoms. The average molecular weight is 368 g/mol. The van der Waals surface area contributed by atoms with E-state index in [1.165, 1.54) is 5.56 Å². The largest absolute Gasteiger partial charge is 0.484 e. The van der Waals surface area contributed by atoms with E-state index >= 15 is 0 Å². The van der Waals surface area contributed by atoms with Gasteiger partial charge in [0.05, 0.1) is 13.2 Å². The summed E-state index contributed by atoms with van der Waals surface area (Å²) in [4.78, 5) is 26.3. The second-order valence-corrected chi connectivity index (χ2v) is 6.56. The maximum absolute atomic E-state index is 12.4. The maximum Gasteiger partial charge on any atom is 0.262 e. The van der Waals surface area contributed by atoms with Crippen LogP contribution in [0.2, 0.25) is 0 Å². The van der Waals surface area contributed by atoms with Crippen molar-refractivity contribution in [2.24, 2.45) is 0 Å². The third-order valence-corrected chi connectivity index (χ3v) is 4.56. The maximum atomic E-state index is 12.4. The molecule has 0 radical (unpaired) electrons. The minimum Gasteiger partial charge on any atom is -0.484 e. The van der Waals surface area contributed by atoms with Gasteiger partial charge in [-0.25, -0.2) is 0 Å². The van der Waals surface area contributed by atoms with E-state index in [-0.39, 0.29) is 18.4 Å². The van der Waals surface area contributed by atoms with Crippen LogP contribution in [0, 0.1) is 13.8 Å². The van der Waals surface area contributed by atoms with Crippen LogP contribution in [0.1, 0.15) is 21.5 Å². The second kappa shape index (κ2) is 8.68. The van der Waals surface area contributed by atoms with Gasteiger partial charge in [-0.05, 0) is 61.4 Å². The number of nitrogens with one attached hydrogen (secondary N) is 1. The fraction of sp³-hybridized carbons (Fsp3) is 0.333. The fourth-order valence-electron chi connectivity index (χ4n) is 2.79. The Hall–Kier alpha value is -2.86. The monoisotopic (exact) mass is 368 g/mol. The summed E-state index contributed by atoms with van der Waals surface area (Å²) in [5, 5.41) is 2.78. The van der Waals surface area contributed by atoms with Crippen molar-refractivity contribution in [3.63, 3.8) is 0 Å². The molecule has 1 heterocycles. The van der Waals surface area contributed by atoms with Gasteiger partial charge in [0.1, 0.15) is 5.75 Å². The summed E-state index contributed by atoms with van der Waals surface area (Å²) >= 11 is 0. The van der Waals surface area contributed by atoms with Crippen LogP contribution in [0.4, 0.5) is 5.69 Å². The van der Waals surface area contributed by atoms with E-state index in [1.54, 1.807) is 29.2 Å². The third-order valence-electron chi connectivity index (χ3n) is 4.56. The average Bonchev–Trinajstić information content (AvgIpc) is 2.69. The Morgan fingerprint density at radius 2 is 1.74 bits per heavy atom. The highest BCUT2D eigenvalue weighted by Crippen LogP contribution is 2.17. The fourth-order valence-corrected chi connectivity index (χ4v) is 2.79. The molecule has 27 heavy (non-hydrogen) atoms. The first kappa shape index (κ1) is 18.9. The van der Waals surface area contributed by atoms with Gasteiger partial charge in [-0.15, -0.1) is 0 Å². The Kier molecular flexibility index (Phi) is 6.08. The first-order valence-electron chi connectivity index (χ1n) is 9.00. The zero-order valence-corrected chi connectivity index (χ0v) is 15.7. The number of morpholine rings is 1. The van der Waals surface area contributed by atoms with Gasteiger partial charge < -0.3 is 19.7 Å². The zero-order valence-electron chi connectivity index (χ0n) is 15.7. The molecule has 3 rings (SSSR count). The lowest BCUT2D eigenvalue weighted by Crippen LogP contribution is -2.40. The highest BCUT2D eigenvalue weighted by Gasteiger charge is 2.18. The van der Waals surface area contributed by atoms with E-state index in [4.69, 9.17) is 9.47 Å². The first-order valence-corrected chi connectivity index (χ1v) is 9.00. The van der Waals surface area contributed by atoms with E-state index in [9.17, 15) is 9.59 Å². The number of rotatable bonds is 5. The quantitative estimate of drug-likeness (QED) is 0.881. The van der Waals surface area contributed by atoms with Crippen LogP contribution in [0.3, 0.4) is 0 Å². The van der Waals surface area contributed by atoms with Crippen LogP contribution in [0.5, 0.6) is 5.75 Å². The number of carbonyl (C=O) groups is 2. The summed E-state index contributed by atoms with van der Waals surface area (Å²) in [6.07, 6.45) is 0. The topological polar surface area (TPSA) is 67.9 Å². The molecule has 1 saturated heterocycles. The van der Waals surface area contributed by atoms with Gasteiger partial charge in [-0.2, -0.15) is 0 Å². The molecule has 1 aliphatic rings. The smallest absolute Gasteiger partial charge is 0.262 e. The van der Waals surface area contributed by atoms with Crippen molar-refractivity contribution in [2.45, 2.75) is 13.8 Å². The van der Waals surface area contributed by atoms with Crippen LogP contribution in [0.25, 0.3) is 0 Å². The van der Waals surface area contributed by atoms with Gasteiger partial charge >= 0.3 is 0 Å². The number of carbonyl (C=O) groups excluding carboxylic acids is 2. The van der Waals surface area contributed by atoms with Crippen molar-refractivity contribution in [3.8, 4) is 5.75 Å². The molecule has 0 aliphatic carbocycles. The molecule has 1 fully saturated rings. The molecule has 1 N–H and O–H groups in total. The van der Waals surface area contributed by atoms with Crippen molar-refractivity contribution in [3.05, 3.63) is 59.2 Å². The van der Waals surface area contributed by atoms with Gasteiger partial charge in [0.25, 0.3) is 11.8 Å². The van der Waals surface area contributed by atoms with E-state index in [1.807, 2.05) is 32.0 Å². The van der Waals surface area contributed by atoms with Crippen LogP contribution >= 0.6 is 0 Å². The first-order chi connectivity index (χ1) is 13.0. The van der Waals surface area contributed by atoms with Crippen molar-refractivity contribution in [1.82, 2.24) is 4.90 Å². The molecular weight excluding hydrogens is 344 g/mol. The molecule has 2 amide bonds. The van der Waals surface area contributed by atoms with Gasteiger partial charge in [-0.3, -0.25) is 9.59 Å². The summed E-state index contributed by atoms with van der Waals surface area (Å²) < 4.78 is 10.8. The Morgan fingerprint density at radius 1 is 1.04 bits per heavy atom. The molecule has 2 aromatic carbocycles. The Bertz CT molecular complexity index is 811. The van der Waals surface area contributed by atoms with E-state index in [2.05, 4.69) is 5.32 Å². The number of anilines is 1. The number of nitrogens with zero attached hydrogens (tertiary/aromatic N) is 1. The zero-order chi connectivity index (χ0) is 19.2. The van der Waals surface area contributed by atoms with Gasteiger partial charge in [0.2, 0.25) is 0 Å². The van der Waals surface area contributed by atoms with Crippen molar-refractivity contribution in [1.29, 1.82) is 0 Å². The highest BCUT2D eigenvalue weighted by atomic mass is 16.5. The molecule has 0 aromatic heterocycles. The number of aryl methyl sites for hydroxylation is 2. The standard InChI is InChI=1S/C21H24N2O4/c1-15-3-8-19(13-16(15)2)27-14-20(24)22-18-6-4-17(5-7-18)21(25)23-9-11-26-12-10-23/h3-8,13H,9-12,14H2,1-2H3,(H,22,24). The van der Waals surface area contributed by atoms with Crippen molar-refractivity contribution >= 4 is 17.5 Å². The van der Waals surface area contributed by atoms with Crippen LogP contribution in [0.15, 0.2) is 42.5 Å². The van der Waals surface area contributed by atoms with Crippen molar-refractivity contribution < 1.29 is 19.1 Å². The number of hydrogen-bond donors (Lipinski definition) is 1. The minimum absolute atomic E-state index is 0.0192. The summed E-state index contributed by atoms with van der Waals surface area (Å²) in [6.45, 7) is 6.30. The van der Waals surface area contributed by atoms with E-state index in [0.29, 0.717) is 43.3 Å². The number of hydrogen-bond acceptors (Lipinski definition) is 4. The molecule has 0 bridgehead atoms. The SMILES string of the molecule is Cc1ccc(OCC(=O)Nc2ccc(C(=O)N3CCOCC3)cc2)cc1C. The molecule has 6 nitrogen and oxygen atoms in total. The molecule has 0 unspecified atom stereocenters. The number of amides is 2. The molecule has 6 heteroatoms. The molecule has 142 valence electrons. The normalized spacial score (nSPS) is 13.9. The summed E-state index contributed by atoms with van der Waals surface area (Å²) in [5.74, 6) is 0.398. The lowest BCUT2D eigenvalue weighted by molar-refractivity contribution is -0.118. The molecule has 0 saturated carbocycles. The lowest BCUT2D eigenvalue weighted by Gasteiger charge is -2.26. The lowest BCUT2D eigenvalue weighted by atomic mass is 10.1. The Balaban J connectivity index is 1.52. The van der Waals surface area contributed by atoms with Crippen LogP contribution in [-0.4, -0.2) is 49.6 Å².